The molecule has 2 aromatic carbocycles. The van der Waals surface area contributed by atoms with Crippen molar-refractivity contribution in [1.82, 2.24) is 20.1 Å². The van der Waals surface area contributed by atoms with Gasteiger partial charge >= 0.3 is 6.03 Å². The van der Waals surface area contributed by atoms with Crippen LogP contribution in [0.4, 0.5) is 10.5 Å². The molecule has 2 N–H and O–H groups in total. The fourth-order valence-corrected chi connectivity index (χ4v) is 2.96. The van der Waals surface area contributed by atoms with Crippen LogP contribution in [0, 0.1) is 0 Å². The van der Waals surface area contributed by atoms with Crippen molar-refractivity contribution in [3.63, 3.8) is 0 Å². The fourth-order valence-electron chi connectivity index (χ4n) is 2.96. The minimum absolute atomic E-state index is 0.109. The van der Waals surface area contributed by atoms with E-state index in [1.165, 1.54) is 0 Å². The molecule has 0 aliphatic heterocycles. The largest absolute Gasteiger partial charge is 0.331 e. The van der Waals surface area contributed by atoms with Crippen molar-refractivity contribution in [2.45, 2.75) is 13.0 Å². The molecule has 0 saturated carbocycles. The summed E-state index contributed by atoms with van der Waals surface area (Å²) in [5, 5.41) is 11.3. The molecule has 1 atom stereocenters. The fraction of sp³-hybridized carbons (Fsp3) is 0.0952. The molecular weight excluding hydrogens is 338 g/mol. The van der Waals surface area contributed by atoms with Gasteiger partial charge in [-0.25, -0.2) is 9.48 Å². The summed E-state index contributed by atoms with van der Waals surface area (Å²) in [5.74, 6) is 0. The second kappa shape index (κ2) is 7.29. The molecule has 4 aromatic rings. The zero-order chi connectivity index (χ0) is 18.6. The molecule has 0 unspecified atom stereocenters. The average molecular weight is 357 g/mol. The van der Waals surface area contributed by atoms with E-state index in [-0.39, 0.29) is 12.1 Å². The number of para-hydroxylation sites is 1. The second-order valence-corrected chi connectivity index (χ2v) is 6.26. The lowest BCUT2D eigenvalue weighted by Gasteiger charge is -2.15. The number of benzene rings is 2. The molecule has 0 spiro atoms. The number of carbonyl (C=O) groups excluding carboxylic acids is 1. The number of hydrogen-bond acceptors (Lipinski definition) is 3. The molecule has 4 rings (SSSR count). The monoisotopic (exact) mass is 357 g/mol. The van der Waals surface area contributed by atoms with E-state index in [9.17, 15) is 4.79 Å². The van der Waals surface area contributed by atoms with Crippen LogP contribution in [0.15, 0.2) is 79.3 Å². The highest BCUT2D eigenvalue weighted by molar-refractivity contribution is 5.89. The molecule has 0 radical (unpaired) electrons. The first-order valence-electron chi connectivity index (χ1n) is 8.71. The summed E-state index contributed by atoms with van der Waals surface area (Å²) in [6.45, 7) is 1.93. The zero-order valence-corrected chi connectivity index (χ0v) is 14.8. The highest BCUT2D eigenvalue weighted by Crippen LogP contribution is 2.19. The number of nitrogens with zero attached hydrogens (tertiary/aromatic N) is 3. The van der Waals surface area contributed by atoms with Gasteiger partial charge in [0, 0.05) is 23.5 Å². The number of aromatic nitrogens is 3. The van der Waals surface area contributed by atoms with Crippen LogP contribution >= 0.6 is 0 Å². The molecule has 0 aliphatic carbocycles. The van der Waals surface area contributed by atoms with Gasteiger partial charge in [-0.05, 0) is 55.0 Å². The second-order valence-electron chi connectivity index (χ2n) is 6.26. The van der Waals surface area contributed by atoms with Crippen molar-refractivity contribution in [1.29, 1.82) is 0 Å². The maximum Gasteiger partial charge on any atom is 0.319 e. The van der Waals surface area contributed by atoms with Crippen LogP contribution in [0.2, 0.25) is 0 Å². The Labute approximate surface area is 156 Å². The summed E-state index contributed by atoms with van der Waals surface area (Å²) in [6.07, 6.45) is 5.27. The molecule has 27 heavy (non-hydrogen) atoms. The van der Waals surface area contributed by atoms with Gasteiger partial charge in [-0.15, -0.1) is 0 Å². The molecular formula is C21H19N5O. The number of anilines is 1. The summed E-state index contributed by atoms with van der Waals surface area (Å²) >= 11 is 0. The Bertz CT molecular complexity index is 1060. The first-order valence-corrected chi connectivity index (χ1v) is 8.71. The number of carbonyl (C=O) groups is 1. The normalized spacial score (nSPS) is 11.9. The van der Waals surface area contributed by atoms with Gasteiger partial charge in [0.25, 0.3) is 0 Å². The number of rotatable bonds is 4. The van der Waals surface area contributed by atoms with Crippen molar-refractivity contribution >= 4 is 22.6 Å². The summed E-state index contributed by atoms with van der Waals surface area (Å²) < 4.78 is 1.88. The van der Waals surface area contributed by atoms with Crippen molar-refractivity contribution in [3.05, 3.63) is 84.8 Å². The maximum atomic E-state index is 12.2. The van der Waals surface area contributed by atoms with E-state index >= 15 is 0 Å². The topological polar surface area (TPSA) is 71.8 Å². The number of nitrogens with one attached hydrogen (secondary N) is 2. The van der Waals surface area contributed by atoms with Gasteiger partial charge in [-0.2, -0.15) is 5.10 Å². The van der Waals surface area contributed by atoms with Crippen LogP contribution in [0.3, 0.4) is 0 Å². The van der Waals surface area contributed by atoms with Crippen molar-refractivity contribution in [2.24, 2.45) is 0 Å². The Hall–Kier alpha value is -3.67. The van der Waals surface area contributed by atoms with Crippen LogP contribution in [0.25, 0.3) is 16.6 Å². The molecule has 6 nitrogen and oxygen atoms in total. The molecule has 6 heteroatoms. The maximum absolute atomic E-state index is 12.2. The van der Waals surface area contributed by atoms with Crippen molar-refractivity contribution in [2.75, 3.05) is 5.32 Å². The van der Waals surface area contributed by atoms with Crippen LogP contribution in [0.1, 0.15) is 18.5 Å². The average Bonchev–Trinajstić information content (AvgIpc) is 3.13. The lowest BCUT2D eigenvalue weighted by molar-refractivity contribution is 0.249. The van der Waals surface area contributed by atoms with E-state index < -0.39 is 0 Å². The Morgan fingerprint density at radius 3 is 2.52 bits per heavy atom. The summed E-state index contributed by atoms with van der Waals surface area (Å²) in [5.41, 5.74) is 3.70. The molecule has 0 fully saturated rings. The highest BCUT2D eigenvalue weighted by atomic mass is 16.2. The number of amides is 2. The predicted octanol–water partition coefficient (Wildman–Crippen LogP) is 4.30. The van der Waals surface area contributed by atoms with E-state index in [1.807, 2.05) is 78.5 Å². The van der Waals surface area contributed by atoms with E-state index in [2.05, 4.69) is 20.7 Å². The van der Waals surface area contributed by atoms with Crippen LogP contribution in [0.5, 0.6) is 0 Å². The summed E-state index contributed by atoms with van der Waals surface area (Å²) in [6, 6.07) is 19.0. The van der Waals surface area contributed by atoms with Crippen LogP contribution < -0.4 is 10.6 Å². The molecule has 134 valence electrons. The number of pyridine rings is 1. The van der Waals surface area contributed by atoms with Gasteiger partial charge in [-0.1, -0.05) is 18.2 Å². The molecule has 0 saturated heterocycles. The lowest BCUT2D eigenvalue weighted by Crippen LogP contribution is -2.31. The quantitative estimate of drug-likeness (QED) is 0.572. The Kier molecular flexibility index (Phi) is 4.53. The van der Waals surface area contributed by atoms with Gasteiger partial charge in [0.1, 0.15) is 0 Å². The Morgan fingerprint density at radius 1 is 1.00 bits per heavy atom. The number of fused-ring (bicyclic) bond motifs is 1. The van der Waals surface area contributed by atoms with E-state index in [1.54, 1.807) is 12.4 Å². The third-order valence-corrected chi connectivity index (χ3v) is 4.40. The van der Waals surface area contributed by atoms with Crippen molar-refractivity contribution in [3.8, 4) is 5.69 Å². The summed E-state index contributed by atoms with van der Waals surface area (Å²) in [7, 11) is 0. The van der Waals surface area contributed by atoms with E-state index in [0.717, 1.165) is 27.8 Å². The first-order chi connectivity index (χ1) is 13.2. The van der Waals surface area contributed by atoms with Crippen molar-refractivity contribution < 1.29 is 4.79 Å². The number of hydrogen-bond donors (Lipinski definition) is 2. The van der Waals surface area contributed by atoms with Gasteiger partial charge in [0.2, 0.25) is 0 Å². The highest BCUT2D eigenvalue weighted by Gasteiger charge is 2.10. The molecule has 2 amide bonds. The molecule has 0 aliphatic rings. The Balaban J connectivity index is 1.44. The smallest absolute Gasteiger partial charge is 0.319 e. The summed E-state index contributed by atoms with van der Waals surface area (Å²) in [4.78, 5) is 16.2. The van der Waals surface area contributed by atoms with Gasteiger partial charge < -0.3 is 10.6 Å². The van der Waals surface area contributed by atoms with Crippen LogP contribution in [-0.2, 0) is 0 Å². The third kappa shape index (κ3) is 3.64. The third-order valence-electron chi connectivity index (χ3n) is 4.40. The predicted molar refractivity (Wildman–Crippen MR) is 106 cm³/mol. The van der Waals surface area contributed by atoms with E-state index in [0.29, 0.717) is 0 Å². The Morgan fingerprint density at radius 2 is 1.74 bits per heavy atom. The van der Waals surface area contributed by atoms with Gasteiger partial charge in [0.05, 0.1) is 23.4 Å². The van der Waals surface area contributed by atoms with Crippen LogP contribution in [-0.4, -0.2) is 20.8 Å². The SMILES string of the molecule is C[C@@H](NC(=O)Nc1ccc(-n2ncc3ccccc32)cc1)c1ccncc1. The van der Waals surface area contributed by atoms with E-state index in [4.69, 9.17) is 0 Å². The minimum atomic E-state index is -0.253. The molecule has 0 bridgehead atoms. The molecule has 2 heterocycles. The minimum Gasteiger partial charge on any atom is -0.331 e. The van der Waals surface area contributed by atoms with Gasteiger partial charge in [0.15, 0.2) is 0 Å². The first kappa shape index (κ1) is 16.8. The van der Waals surface area contributed by atoms with Gasteiger partial charge in [-0.3, -0.25) is 4.98 Å². The zero-order valence-electron chi connectivity index (χ0n) is 14.8. The number of urea groups is 1. The lowest BCUT2D eigenvalue weighted by atomic mass is 10.1. The standard InChI is InChI=1S/C21H19N5O/c1-15(16-10-12-22-13-11-16)24-21(27)25-18-6-8-19(9-7-18)26-20-5-3-2-4-17(20)14-23-26/h2-15H,1H3,(H2,24,25,27)/t15-/m1/s1. The molecule has 2 aromatic heterocycles.